The van der Waals surface area contributed by atoms with Gasteiger partial charge in [0.25, 0.3) is 0 Å². The quantitative estimate of drug-likeness (QED) is 0.232. The summed E-state index contributed by atoms with van der Waals surface area (Å²) >= 11 is 6.29. The summed E-state index contributed by atoms with van der Waals surface area (Å²) in [5.74, 6) is 2.21. The minimum Gasteiger partial charge on any atom is -0.493 e. The Hall–Kier alpha value is -3.75. The average Bonchev–Trinajstić information content (AvgIpc) is 3.08. The minimum absolute atomic E-state index is 0.0257. The van der Waals surface area contributed by atoms with Crippen LogP contribution in [0.4, 0.5) is 11.4 Å². The lowest BCUT2D eigenvalue weighted by molar-refractivity contribution is -0.137. The SMILES string of the molecule is CCN1CCN(C2CCC(CN(C)c3ccc(N4C(=O)Cc5cc(OC)c(OC(C)C)cc5[C@@H]4c4ccc(Cl)cc4)cc3)CC2)CC1=O. The molecule has 6 rings (SSSR count). The molecule has 2 fully saturated rings. The molecule has 2 aliphatic heterocycles. The van der Waals surface area contributed by atoms with Crippen molar-refractivity contribution in [2.45, 2.75) is 71.1 Å². The number of hydrogen-bond acceptors (Lipinski definition) is 6. The lowest BCUT2D eigenvalue weighted by Crippen LogP contribution is -2.54. The van der Waals surface area contributed by atoms with E-state index in [9.17, 15) is 9.59 Å². The lowest BCUT2D eigenvalue weighted by Gasteiger charge is -2.41. The molecule has 48 heavy (non-hydrogen) atoms. The smallest absolute Gasteiger partial charge is 0.236 e. The molecule has 256 valence electrons. The fourth-order valence-electron chi connectivity index (χ4n) is 7.75. The van der Waals surface area contributed by atoms with Crippen LogP contribution in [-0.4, -0.2) is 80.6 Å². The number of carbonyl (C=O) groups is 2. The Morgan fingerprint density at radius 2 is 1.62 bits per heavy atom. The first-order valence-electron chi connectivity index (χ1n) is 17.4. The number of amides is 2. The number of methoxy groups -OCH3 is 1. The molecule has 0 radical (unpaired) electrons. The van der Waals surface area contributed by atoms with Crippen LogP contribution in [0.1, 0.15) is 69.2 Å². The summed E-state index contributed by atoms with van der Waals surface area (Å²) < 4.78 is 11.8. The highest BCUT2D eigenvalue weighted by Gasteiger charge is 2.36. The van der Waals surface area contributed by atoms with Gasteiger partial charge < -0.3 is 24.2 Å². The topological polar surface area (TPSA) is 65.6 Å². The average molecular weight is 673 g/mol. The van der Waals surface area contributed by atoms with Crippen LogP contribution in [0.25, 0.3) is 0 Å². The highest BCUT2D eigenvalue weighted by atomic mass is 35.5. The molecule has 1 saturated heterocycles. The van der Waals surface area contributed by atoms with Gasteiger partial charge in [0.2, 0.25) is 11.8 Å². The summed E-state index contributed by atoms with van der Waals surface area (Å²) in [4.78, 5) is 35.0. The zero-order valence-electron chi connectivity index (χ0n) is 29.0. The van der Waals surface area contributed by atoms with Gasteiger partial charge in [-0.3, -0.25) is 14.5 Å². The third-order valence-corrected chi connectivity index (χ3v) is 10.6. The van der Waals surface area contributed by atoms with Crippen molar-refractivity contribution in [1.82, 2.24) is 9.80 Å². The Morgan fingerprint density at radius 1 is 0.917 bits per heavy atom. The summed E-state index contributed by atoms with van der Waals surface area (Å²) in [6.45, 7) is 10.3. The first kappa shape index (κ1) is 34.1. The van der Waals surface area contributed by atoms with E-state index < -0.39 is 0 Å². The van der Waals surface area contributed by atoms with Crippen molar-refractivity contribution in [1.29, 1.82) is 0 Å². The van der Waals surface area contributed by atoms with Gasteiger partial charge in [0.05, 0.1) is 32.2 Å². The number of carbonyl (C=O) groups excluding carboxylic acids is 2. The van der Waals surface area contributed by atoms with Crippen LogP contribution in [0.3, 0.4) is 0 Å². The standard InChI is InChI=1S/C39H49ClN4O4/c1-6-42-19-20-43(25-38(42)46)32-13-7-27(8-14-32)24-41(4)31-15-17-33(18-16-31)44-37(45)22-29-21-35(47-5)36(48-26(2)3)23-34(29)39(44)28-9-11-30(40)12-10-28/h9-12,15-18,21,23,26-27,32,39H,6-8,13-14,19-20,22,24-25H2,1-5H3/t27?,32?,39-/m0/s1. The van der Waals surface area contributed by atoms with Gasteiger partial charge in [0.15, 0.2) is 11.5 Å². The molecule has 8 nitrogen and oxygen atoms in total. The number of fused-ring (bicyclic) bond motifs is 1. The number of rotatable bonds is 10. The molecule has 0 aromatic heterocycles. The maximum Gasteiger partial charge on any atom is 0.236 e. The van der Waals surface area contributed by atoms with E-state index in [1.165, 1.54) is 12.8 Å². The molecule has 1 saturated carbocycles. The van der Waals surface area contributed by atoms with Gasteiger partial charge in [-0.15, -0.1) is 0 Å². The minimum atomic E-state index is -0.349. The molecule has 0 unspecified atom stereocenters. The second kappa shape index (κ2) is 14.8. The van der Waals surface area contributed by atoms with Gasteiger partial charge in [-0.25, -0.2) is 0 Å². The Kier molecular flexibility index (Phi) is 10.5. The van der Waals surface area contributed by atoms with Crippen molar-refractivity contribution >= 4 is 34.8 Å². The van der Waals surface area contributed by atoms with Gasteiger partial charge >= 0.3 is 0 Å². The van der Waals surface area contributed by atoms with E-state index >= 15 is 0 Å². The van der Waals surface area contributed by atoms with Gasteiger partial charge in [-0.2, -0.15) is 0 Å². The summed E-state index contributed by atoms with van der Waals surface area (Å²) in [6, 6.07) is 20.3. The second-order valence-electron chi connectivity index (χ2n) is 13.8. The number of hydrogen-bond donors (Lipinski definition) is 0. The van der Waals surface area contributed by atoms with Gasteiger partial charge in [0, 0.05) is 55.7 Å². The van der Waals surface area contributed by atoms with Gasteiger partial charge in [-0.1, -0.05) is 23.7 Å². The molecule has 3 aromatic rings. The first-order chi connectivity index (χ1) is 23.1. The van der Waals surface area contributed by atoms with Crippen molar-refractivity contribution in [3.63, 3.8) is 0 Å². The predicted molar refractivity (Wildman–Crippen MR) is 193 cm³/mol. The fraction of sp³-hybridized carbons (Fsp3) is 0.487. The third kappa shape index (κ3) is 7.30. The first-order valence-corrected chi connectivity index (χ1v) is 17.8. The van der Waals surface area contributed by atoms with Crippen LogP contribution in [-0.2, 0) is 16.0 Å². The third-order valence-electron chi connectivity index (χ3n) is 10.3. The number of piperazine rings is 1. The molecule has 9 heteroatoms. The molecule has 0 N–H and O–H groups in total. The number of nitrogens with zero attached hydrogens (tertiary/aromatic N) is 4. The Bertz CT molecular complexity index is 1590. The molecular formula is C39H49ClN4O4. The normalized spacial score (nSPS) is 21.8. The van der Waals surface area contributed by atoms with Crippen LogP contribution in [0.15, 0.2) is 60.7 Å². The van der Waals surface area contributed by atoms with Crippen molar-refractivity contribution < 1.29 is 19.1 Å². The van der Waals surface area contributed by atoms with Crippen LogP contribution in [0.2, 0.25) is 5.02 Å². The van der Waals surface area contributed by atoms with Crippen LogP contribution in [0.5, 0.6) is 11.5 Å². The highest BCUT2D eigenvalue weighted by molar-refractivity contribution is 6.30. The fourth-order valence-corrected chi connectivity index (χ4v) is 7.88. The molecular weight excluding hydrogens is 624 g/mol. The van der Waals surface area contributed by atoms with E-state index in [1.54, 1.807) is 7.11 Å². The Morgan fingerprint density at radius 3 is 2.25 bits per heavy atom. The molecule has 1 atom stereocenters. The van der Waals surface area contributed by atoms with E-state index in [0.717, 1.165) is 67.1 Å². The van der Waals surface area contributed by atoms with E-state index in [4.69, 9.17) is 21.1 Å². The second-order valence-corrected chi connectivity index (χ2v) is 14.2. The molecule has 3 aromatic carbocycles. The Balaban J connectivity index is 1.18. The predicted octanol–water partition coefficient (Wildman–Crippen LogP) is 6.97. The van der Waals surface area contributed by atoms with Crippen LogP contribution >= 0.6 is 11.6 Å². The summed E-state index contributed by atoms with van der Waals surface area (Å²) in [5, 5.41) is 0.650. The maximum absolute atomic E-state index is 13.9. The Labute approximate surface area is 290 Å². The monoisotopic (exact) mass is 672 g/mol. The van der Waals surface area contributed by atoms with E-state index in [2.05, 4.69) is 48.0 Å². The summed E-state index contributed by atoms with van der Waals surface area (Å²) in [7, 11) is 3.79. The largest absolute Gasteiger partial charge is 0.493 e. The van der Waals surface area contributed by atoms with Crippen molar-refractivity contribution in [3.05, 3.63) is 82.4 Å². The number of ether oxygens (including phenoxy) is 2. The summed E-state index contributed by atoms with van der Waals surface area (Å²) in [6.07, 6.45) is 4.89. The van der Waals surface area contributed by atoms with Crippen LogP contribution < -0.4 is 19.3 Å². The van der Waals surface area contributed by atoms with Crippen LogP contribution in [0, 0.1) is 5.92 Å². The highest BCUT2D eigenvalue weighted by Crippen LogP contribution is 2.44. The van der Waals surface area contributed by atoms with Gasteiger partial charge in [0.1, 0.15) is 0 Å². The van der Waals surface area contributed by atoms with Crippen molar-refractivity contribution in [3.8, 4) is 11.5 Å². The molecule has 0 bridgehead atoms. The van der Waals surface area contributed by atoms with E-state index in [-0.39, 0.29) is 30.4 Å². The maximum atomic E-state index is 13.9. The zero-order chi connectivity index (χ0) is 33.9. The van der Waals surface area contributed by atoms with E-state index in [1.807, 2.05) is 60.0 Å². The lowest BCUT2D eigenvalue weighted by atomic mass is 9.84. The summed E-state index contributed by atoms with van der Waals surface area (Å²) in [5.41, 5.74) is 4.91. The molecule has 1 aliphatic carbocycles. The number of benzene rings is 3. The number of likely N-dealkylation sites (N-methyl/N-ethyl adjacent to an activating group) is 1. The van der Waals surface area contributed by atoms with Crippen molar-refractivity contribution in [2.24, 2.45) is 5.92 Å². The number of halogens is 1. The molecule has 2 heterocycles. The molecule has 3 aliphatic rings. The number of anilines is 2. The van der Waals surface area contributed by atoms with E-state index in [0.29, 0.717) is 35.0 Å². The van der Waals surface area contributed by atoms with Crippen molar-refractivity contribution in [2.75, 3.05) is 56.7 Å². The van der Waals surface area contributed by atoms with Gasteiger partial charge in [-0.05, 0) is 118 Å². The molecule has 2 amide bonds. The zero-order valence-corrected chi connectivity index (χ0v) is 29.7. The molecule has 0 spiro atoms.